The largest absolute Gasteiger partial charge is 0.325 e. The molecule has 1 aromatic carbocycles. The number of amides is 4. The van der Waals surface area contributed by atoms with Crippen molar-refractivity contribution < 1.29 is 18.8 Å². The number of carbonyl (C=O) groups is 3. The molecule has 0 radical (unpaired) electrons. The number of halogens is 2. The van der Waals surface area contributed by atoms with Crippen molar-refractivity contribution in [1.82, 2.24) is 10.2 Å². The van der Waals surface area contributed by atoms with Crippen LogP contribution in [-0.4, -0.2) is 34.8 Å². The molecule has 1 spiro atoms. The number of carbonyl (C=O) groups excluding carboxylic acids is 3. The molecule has 1 saturated heterocycles. The van der Waals surface area contributed by atoms with Gasteiger partial charge >= 0.3 is 6.03 Å². The van der Waals surface area contributed by atoms with Crippen LogP contribution in [0.15, 0.2) is 18.2 Å². The molecule has 2 aliphatic rings. The zero-order chi connectivity index (χ0) is 18.2. The number of hydrogen-bond acceptors (Lipinski definition) is 3. The Labute approximate surface area is 149 Å². The van der Waals surface area contributed by atoms with Crippen molar-refractivity contribution in [2.45, 2.75) is 38.1 Å². The van der Waals surface area contributed by atoms with Gasteiger partial charge in [0.2, 0.25) is 5.91 Å². The zero-order valence-electron chi connectivity index (χ0n) is 13.8. The van der Waals surface area contributed by atoms with E-state index in [0.29, 0.717) is 12.1 Å². The van der Waals surface area contributed by atoms with E-state index in [0.717, 1.165) is 30.2 Å². The molecule has 3 rings (SSSR count). The van der Waals surface area contributed by atoms with Crippen LogP contribution in [0.3, 0.4) is 0 Å². The van der Waals surface area contributed by atoms with Crippen LogP contribution in [0.4, 0.5) is 14.9 Å². The lowest BCUT2D eigenvalue weighted by molar-refractivity contribution is -0.136. The number of rotatable bonds is 3. The lowest BCUT2D eigenvalue weighted by Gasteiger charge is -2.36. The van der Waals surface area contributed by atoms with Gasteiger partial charge in [0.15, 0.2) is 0 Å². The van der Waals surface area contributed by atoms with E-state index in [1.165, 1.54) is 12.1 Å². The minimum Gasteiger partial charge on any atom is -0.324 e. The monoisotopic (exact) mass is 367 g/mol. The molecular formula is C17H19ClFN3O3. The van der Waals surface area contributed by atoms with Gasteiger partial charge in [0, 0.05) is 5.69 Å². The second-order valence-corrected chi connectivity index (χ2v) is 7.02. The quantitative estimate of drug-likeness (QED) is 0.806. The predicted molar refractivity (Wildman–Crippen MR) is 90.6 cm³/mol. The van der Waals surface area contributed by atoms with E-state index in [-0.39, 0.29) is 16.8 Å². The first-order valence-corrected chi connectivity index (χ1v) is 8.60. The lowest BCUT2D eigenvalue weighted by Crippen LogP contribution is -2.54. The van der Waals surface area contributed by atoms with E-state index in [9.17, 15) is 18.8 Å². The normalized spacial score (nSPS) is 26.0. The Hall–Kier alpha value is -2.15. The Morgan fingerprint density at radius 2 is 2.20 bits per heavy atom. The van der Waals surface area contributed by atoms with Gasteiger partial charge < -0.3 is 10.6 Å². The van der Waals surface area contributed by atoms with Crippen LogP contribution >= 0.6 is 11.6 Å². The average molecular weight is 368 g/mol. The van der Waals surface area contributed by atoms with Gasteiger partial charge in [0.1, 0.15) is 17.9 Å². The van der Waals surface area contributed by atoms with E-state index in [2.05, 4.69) is 10.6 Å². The van der Waals surface area contributed by atoms with Gasteiger partial charge in [0.25, 0.3) is 5.91 Å². The van der Waals surface area contributed by atoms with Gasteiger partial charge in [0.05, 0.1) is 5.02 Å². The summed E-state index contributed by atoms with van der Waals surface area (Å²) in [6.07, 6.45) is 3.34. The minimum atomic E-state index is -0.894. The Morgan fingerprint density at radius 1 is 1.44 bits per heavy atom. The Kier molecular flexibility index (Phi) is 4.69. The van der Waals surface area contributed by atoms with Crippen molar-refractivity contribution in [3.05, 3.63) is 29.0 Å². The molecule has 2 atom stereocenters. The molecule has 25 heavy (non-hydrogen) atoms. The molecule has 2 N–H and O–H groups in total. The summed E-state index contributed by atoms with van der Waals surface area (Å²) in [5.41, 5.74) is -0.598. The molecule has 6 nitrogen and oxygen atoms in total. The topological polar surface area (TPSA) is 78.5 Å². The molecule has 1 aromatic rings. The predicted octanol–water partition coefficient (Wildman–Crippen LogP) is 2.92. The van der Waals surface area contributed by atoms with Crippen LogP contribution in [0.1, 0.15) is 32.6 Å². The van der Waals surface area contributed by atoms with E-state index in [1.54, 1.807) is 0 Å². The number of nitrogens with one attached hydrogen (secondary N) is 2. The first-order chi connectivity index (χ1) is 11.8. The van der Waals surface area contributed by atoms with Crippen molar-refractivity contribution >= 4 is 35.1 Å². The van der Waals surface area contributed by atoms with E-state index in [1.807, 2.05) is 6.92 Å². The molecule has 1 aliphatic carbocycles. The van der Waals surface area contributed by atoms with Crippen molar-refractivity contribution in [1.29, 1.82) is 0 Å². The highest BCUT2D eigenvalue weighted by molar-refractivity contribution is 6.31. The van der Waals surface area contributed by atoms with Crippen LogP contribution in [0.5, 0.6) is 0 Å². The van der Waals surface area contributed by atoms with Crippen LogP contribution in [0, 0.1) is 11.7 Å². The van der Waals surface area contributed by atoms with Crippen molar-refractivity contribution in [2.24, 2.45) is 5.92 Å². The number of imide groups is 1. The number of hydrogen-bond donors (Lipinski definition) is 2. The highest BCUT2D eigenvalue weighted by Crippen LogP contribution is 2.38. The van der Waals surface area contributed by atoms with Crippen molar-refractivity contribution in [3.8, 4) is 0 Å². The minimum absolute atomic E-state index is 0.0293. The molecule has 1 heterocycles. The summed E-state index contributed by atoms with van der Waals surface area (Å²) in [4.78, 5) is 38.1. The summed E-state index contributed by atoms with van der Waals surface area (Å²) in [5, 5.41) is 5.19. The maximum Gasteiger partial charge on any atom is 0.325 e. The summed E-state index contributed by atoms with van der Waals surface area (Å²) in [6, 6.07) is 3.21. The number of urea groups is 1. The maximum atomic E-state index is 13.2. The third kappa shape index (κ3) is 3.20. The summed E-state index contributed by atoms with van der Waals surface area (Å²) in [7, 11) is 0. The Bertz CT molecular complexity index is 742. The molecular weight excluding hydrogens is 349 g/mol. The van der Waals surface area contributed by atoms with E-state index >= 15 is 0 Å². The Balaban J connectivity index is 1.69. The summed E-state index contributed by atoms with van der Waals surface area (Å²) < 4.78 is 13.2. The van der Waals surface area contributed by atoms with E-state index < -0.39 is 29.8 Å². The number of benzene rings is 1. The number of nitrogens with zero attached hydrogens (tertiary/aromatic N) is 1. The zero-order valence-corrected chi connectivity index (χ0v) is 14.5. The first-order valence-electron chi connectivity index (χ1n) is 8.22. The number of anilines is 1. The summed E-state index contributed by atoms with van der Waals surface area (Å²) in [5.74, 6) is -1.47. The van der Waals surface area contributed by atoms with Gasteiger partial charge in [-0.05, 0) is 37.0 Å². The molecule has 2 fully saturated rings. The van der Waals surface area contributed by atoms with Gasteiger partial charge in [-0.25, -0.2) is 9.18 Å². The van der Waals surface area contributed by atoms with Gasteiger partial charge in [-0.1, -0.05) is 31.4 Å². The molecule has 1 aliphatic heterocycles. The molecule has 0 aromatic heterocycles. The summed E-state index contributed by atoms with van der Waals surface area (Å²) in [6.45, 7) is 1.55. The molecule has 1 saturated carbocycles. The first kappa shape index (κ1) is 17.7. The fraction of sp³-hybridized carbons (Fsp3) is 0.471. The van der Waals surface area contributed by atoms with Crippen LogP contribution < -0.4 is 10.6 Å². The molecule has 0 unspecified atom stereocenters. The third-order valence-corrected chi connectivity index (χ3v) is 5.30. The second kappa shape index (κ2) is 6.63. The van der Waals surface area contributed by atoms with E-state index in [4.69, 9.17) is 11.6 Å². The molecule has 4 amide bonds. The fourth-order valence-electron chi connectivity index (χ4n) is 3.56. The van der Waals surface area contributed by atoms with Crippen LogP contribution in [0.2, 0.25) is 5.02 Å². The SMILES string of the molecule is C[C@H]1CCCC[C@@]12NC(=O)N(CC(=O)Nc1ccc(F)c(Cl)c1)C2=O. The fourth-order valence-corrected chi connectivity index (χ4v) is 3.74. The maximum absolute atomic E-state index is 13.2. The van der Waals surface area contributed by atoms with Crippen molar-refractivity contribution in [3.63, 3.8) is 0 Å². The third-order valence-electron chi connectivity index (χ3n) is 5.01. The van der Waals surface area contributed by atoms with Crippen LogP contribution in [0.25, 0.3) is 0 Å². The van der Waals surface area contributed by atoms with Gasteiger partial charge in [-0.3, -0.25) is 14.5 Å². The molecule has 0 bridgehead atoms. The smallest absolute Gasteiger partial charge is 0.324 e. The standard InChI is InChI=1S/C17H19ClFN3O3/c1-10-4-2-3-7-17(10)15(24)22(16(25)21-17)9-14(23)20-11-5-6-13(19)12(18)8-11/h5-6,8,10H,2-4,7,9H2,1H3,(H,20,23)(H,21,25)/t10-,17+/m0/s1. The van der Waals surface area contributed by atoms with Crippen LogP contribution in [-0.2, 0) is 9.59 Å². The highest BCUT2D eigenvalue weighted by atomic mass is 35.5. The van der Waals surface area contributed by atoms with Crippen molar-refractivity contribution in [2.75, 3.05) is 11.9 Å². The highest BCUT2D eigenvalue weighted by Gasteiger charge is 2.55. The molecule has 8 heteroatoms. The Morgan fingerprint density at radius 3 is 2.88 bits per heavy atom. The van der Waals surface area contributed by atoms with Gasteiger partial charge in [-0.15, -0.1) is 0 Å². The second-order valence-electron chi connectivity index (χ2n) is 6.62. The summed E-state index contributed by atoms with van der Waals surface area (Å²) >= 11 is 5.67. The average Bonchev–Trinajstić information content (AvgIpc) is 2.79. The van der Waals surface area contributed by atoms with Gasteiger partial charge in [-0.2, -0.15) is 0 Å². The lowest BCUT2D eigenvalue weighted by atomic mass is 9.73. The molecule has 134 valence electrons.